The van der Waals surface area contributed by atoms with Crippen LogP contribution >= 0.6 is 0 Å². The molecule has 0 amide bonds. The van der Waals surface area contributed by atoms with Crippen LogP contribution in [0.25, 0.3) is 0 Å². The highest BCUT2D eigenvalue weighted by Gasteiger charge is 2.03. The van der Waals surface area contributed by atoms with Crippen molar-refractivity contribution in [3.8, 4) is 11.8 Å². The predicted molar refractivity (Wildman–Crippen MR) is 79.0 cm³/mol. The van der Waals surface area contributed by atoms with Crippen molar-refractivity contribution in [2.45, 2.75) is 85.5 Å². The first-order chi connectivity index (χ1) is 8.28. The molecule has 0 rings (SSSR count). The summed E-state index contributed by atoms with van der Waals surface area (Å²) >= 11 is 0. The number of rotatable bonds is 9. The van der Waals surface area contributed by atoms with Crippen LogP contribution in [0.15, 0.2) is 0 Å². The normalized spacial score (nSPS) is 12.3. The molecule has 17 heavy (non-hydrogen) atoms. The van der Waals surface area contributed by atoms with E-state index in [1.165, 1.54) is 44.9 Å². The third kappa shape index (κ3) is 9.28. The van der Waals surface area contributed by atoms with E-state index >= 15 is 0 Å². The first-order valence-electron chi connectivity index (χ1n) is 7.74. The highest BCUT2D eigenvalue weighted by molar-refractivity contribution is 5.00. The first kappa shape index (κ1) is 16.6. The van der Waals surface area contributed by atoms with Crippen molar-refractivity contribution in [1.29, 1.82) is 0 Å². The van der Waals surface area contributed by atoms with Crippen molar-refractivity contribution >= 4 is 0 Å². The lowest BCUT2D eigenvalue weighted by Crippen LogP contribution is -1.97. The predicted octanol–water partition coefficient (Wildman–Crippen LogP) is 5.81. The molecule has 0 aliphatic rings. The van der Waals surface area contributed by atoms with Gasteiger partial charge in [0.05, 0.1) is 0 Å². The Kier molecular flexibility index (Phi) is 11.7. The molecular formula is C17H32. The standard InChI is InChI=1S/C17H32/c1-5-9-13-17(8-4)15-12-10-11-14-16(6-2)7-3/h16-17H,5-9,11,13-15H2,1-4H3. The minimum Gasteiger partial charge on any atom is -0.103 e. The van der Waals surface area contributed by atoms with Crippen LogP contribution in [0, 0.1) is 23.7 Å². The Morgan fingerprint density at radius 1 is 0.765 bits per heavy atom. The van der Waals surface area contributed by atoms with E-state index in [-0.39, 0.29) is 0 Å². The van der Waals surface area contributed by atoms with Crippen LogP contribution in [-0.4, -0.2) is 0 Å². The first-order valence-corrected chi connectivity index (χ1v) is 7.74. The topological polar surface area (TPSA) is 0 Å². The molecule has 0 aliphatic carbocycles. The van der Waals surface area contributed by atoms with Gasteiger partial charge < -0.3 is 0 Å². The van der Waals surface area contributed by atoms with E-state index in [9.17, 15) is 0 Å². The summed E-state index contributed by atoms with van der Waals surface area (Å²) in [6.07, 6.45) is 11.5. The fourth-order valence-corrected chi connectivity index (χ4v) is 2.22. The summed E-state index contributed by atoms with van der Waals surface area (Å²) in [4.78, 5) is 0. The molecule has 1 unspecified atom stereocenters. The summed E-state index contributed by atoms with van der Waals surface area (Å²) in [6, 6.07) is 0. The molecule has 0 aromatic carbocycles. The van der Waals surface area contributed by atoms with Gasteiger partial charge in [-0.1, -0.05) is 59.8 Å². The minimum absolute atomic E-state index is 0.843. The van der Waals surface area contributed by atoms with Gasteiger partial charge in [-0.3, -0.25) is 0 Å². The summed E-state index contributed by atoms with van der Waals surface area (Å²) < 4.78 is 0. The molecule has 0 saturated carbocycles. The van der Waals surface area contributed by atoms with E-state index in [1.807, 2.05) is 0 Å². The van der Waals surface area contributed by atoms with Crippen LogP contribution in [0.1, 0.15) is 85.5 Å². The molecule has 0 heteroatoms. The Morgan fingerprint density at radius 3 is 1.94 bits per heavy atom. The molecule has 0 N–H and O–H groups in total. The Morgan fingerprint density at radius 2 is 1.41 bits per heavy atom. The van der Waals surface area contributed by atoms with E-state index in [0.29, 0.717) is 0 Å². The van der Waals surface area contributed by atoms with Crippen molar-refractivity contribution in [2.75, 3.05) is 0 Å². The zero-order valence-electron chi connectivity index (χ0n) is 12.5. The molecule has 0 heterocycles. The maximum absolute atomic E-state index is 3.40. The van der Waals surface area contributed by atoms with Crippen LogP contribution < -0.4 is 0 Å². The van der Waals surface area contributed by atoms with E-state index in [1.54, 1.807) is 0 Å². The van der Waals surface area contributed by atoms with Gasteiger partial charge in [-0.05, 0) is 24.7 Å². The maximum Gasteiger partial charge on any atom is 0.0117 e. The summed E-state index contributed by atoms with van der Waals surface area (Å²) in [5, 5.41) is 0. The Labute approximate surface area is 110 Å². The van der Waals surface area contributed by atoms with Gasteiger partial charge in [0, 0.05) is 12.8 Å². The summed E-state index contributed by atoms with van der Waals surface area (Å²) in [7, 11) is 0. The van der Waals surface area contributed by atoms with Crippen molar-refractivity contribution in [1.82, 2.24) is 0 Å². The molecule has 0 saturated heterocycles. The van der Waals surface area contributed by atoms with Gasteiger partial charge in [0.2, 0.25) is 0 Å². The molecule has 0 aromatic rings. The zero-order chi connectivity index (χ0) is 12.9. The zero-order valence-corrected chi connectivity index (χ0v) is 12.5. The van der Waals surface area contributed by atoms with Crippen LogP contribution in [0.4, 0.5) is 0 Å². The molecular weight excluding hydrogens is 204 g/mol. The maximum atomic E-state index is 3.40. The molecule has 100 valence electrons. The highest BCUT2D eigenvalue weighted by Crippen LogP contribution is 2.16. The lowest BCUT2D eigenvalue weighted by atomic mass is 9.95. The molecule has 0 radical (unpaired) electrons. The average molecular weight is 236 g/mol. The Bertz CT molecular complexity index is 202. The molecule has 0 aromatic heterocycles. The van der Waals surface area contributed by atoms with Gasteiger partial charge in [-0.25, -0.2) is 0 Å². The minimum atomic E-state index is 0.843. The van der Waals surface area contributed by atoms with Gasteiger partial charge in [-0.15, -0.1) is 11.8 Å². The second-order valence-corrected chi connectivity index (χ2v) is 5.20. The van der Waals surface area contributed by atoms with Gasteiger partial charge >= 0.3 is 0 Å². The van der Waals surface area contributed by atoms with Crippen LogP contribution in [0.2, 0.25) is 0 Å². The molecule has 0 fully saturated rings. The van der Waals surface area contributed by atoms with Crippen molar-refractivity contribution in [2.24, 2.45) is 11.8 Å². The Balaban J connectivity index is 3.70. The van der Waals surface area contributed by atoms with Crippen LogP contribution in [0.3, 0.4) is 0 Å². The van der Waals surface area contributed by atoms with E-state index in [0.717, 1.165) is 24.7 Å². The van der Waals surface area contributed by atoms with Gasteiger partial charge in [0.15, 0.2) is 0 Å². The number of unbranched alkanes of at least 4 members (excludes halogenated alkanes) is 1. The van der Waals surface area contributed by atoms with E-state index in [4.69, 9.17) is 0 Å². The molecule has 0 bridgehead atoms. The summed E-state index contributed by atoms with van der Waals surface area (Å²) in [6.45, 7) is 9.15. The lowest BCUT2D eigenvalue weighted by molar-refractivity contribution is 0.458. The third-order valence-corrected chi connectivity index (χ3v) is 3.89. The molecule has 0 nitrogen and oxygen atoms in total. The molecule has 0 spiro atoms. The summed E-state index contributed by atoms with van der Waals surface area (Å²) in [5.41, 5.74) is 0. The Hall–Kier alpha value is -0.440. The van der Waals surface area contributed by atoms with E-state index in [2.05, 4.69) is 39.5 Å². The fourth-order valence-electron chi connectivity index (χ4n) is 2.22. The smallest absolute Gasteiger partial charge is 0.0117 e. The second-order valence-electron chi connectivity index (χ2n) is 5.20. The van der Waals surface area contributed by atoms with Gasteiger partial charge in [-0.2, -0.15) is 0 Å². The highest BCUT2D eigenvalue weighted by atomic mass is 14.1. The largest absolute Gasteiger partial charge is 0.103 e. The van der Waals surface area contributed by atoms with Crippen molar-refractivity contribution in [3.63, 3.8) is 0 Å². The second kappa shape index (κ2) is 12.0. The van der Waals surface area contributed by atoms with Crippen molar-refractivity contribution < 1.29 is 0 Å². The monoisotopic (exact) mass is 236 g/mol. The third-order valence-electron chi connectivity index (χ3n) is 3.89. The van der Waals surface area contributed by atoms with Gasteiger partial charge in [0.1, 0.15) is 0 Å². The lowest BCUT2D eigenvalue weighted by Gasteiger charge is -2.10. The molecule has 1 atom stereocenters. The van der Waals surface area contributed by atoms with Crippen LogP contribution in [-0.2, 0) is 0 Å². The molecule has 0 aliphatic heterocycles. The van der Waals surface area contributed by atoms with Gasteiger partial charge in [0.25, 0.3) is 0 Å². The summed E-state index contributed by atoms with van der Waals surface area (Å²) in [5.74, 6) is 8.51. The average Bonchev–Trinajstić information content (AvgIpc) is 2.37. The van der Waals surface area contributed by atoms with E-state index < -0.39 is 0 Å². The van der Waals surface area contributed by atoms with Crippen LogP contribution in [0.5, 0.6) is 0 Å². The number of hydrogen-bond acceptors (Lipinski definition) is 0. The SMILES string of the molecule is CCCCC(CC)CC#CCCC(CC)CC. The fraction of sp³-hybridized carbons (Fsp3) is 0.882. The van der Waals surface area contributed by atoms with Crippen molar-refractivity contribution in [3.05, 3.63) is 0 Å². The quantitative estimate of drug-likeness (QED) is 0.443. The number of hydrogen-bond donors (Lipinski definition) is 0.